The van der Waals surface area contributed by atoms with E-state index in [4.69, 9.17) is 14.6 Å². The van der Waals surface area contributed by atoms with Crippen molar-refractivity contribution in [2.45, 2.75) is 20.0 Å². The molecule has 2 rings (SSSR count). The van der Waals surface area contributed by atoms with E-state index in [1.807, 2.05) is 13.8 Å². The van der Waals surface area contributed by atoms with Crippen molar-refractivity contribution < 1.29 is 24.2 Å². The molecule has 1 N–H and O–H groups in total. The van der Waals surface area contributed by atoms with E-state index in [0.29, 0.717) is 15.8 Å². The molecule has 0 saturated carbocycles. The Morgan fingerprint density at radius 3 is 2.17 bits per heavy atom. The minimum Gasteiger partial charge on any atom is -0.490 e. The summed E-state index contributed by atoms with van der Waals surface area (Å²) >= 11 is 3.36. The molecule has 0 aliphatic heterocycles. The standard InChI is InChI=1S/C17H15BrO5/c1-10(2)22-15-8-5-12(9-14(15)18)17(21)23-13-6-3-11(4-7-13)16(19)20/h3-10H,1-2H3,(H,19,20). The predicted molar refractivity (Wildman–Crippen MR) is 88.3 cm³/mol. The predicted octanol–water partition coefficient (Wildman–Crippen LogP) is 4.15. The lowest BCUT2D eigenvalue weighted by Crippen LogP contribution is -2.10. The van der Waals surface area contributed by atoms with E-state index in [1.54, 1.807) is 18.2 Å². The van der Waals surface area contributed by atoms with E-state index < -0.39 is 11.9 Å². The first-order valence-corrected chi connectivity index (χ1v) is 7.68. The molecular formula is C17H15BrO5. The van der Waals surface area contributed by atoms with Gasteiger partial charge in [0.2, 0.25) is 0 Å². The van der Waals surface area contributed by atoms with Gasteiger partial charge < -0.3 is 14.6 Å². The van der Waals surface area contributed by atoms with Crippen LogP contribution in [-0.4, -0.2) is 23.1 Å². The van der Waals surface area contributed by atoms with Crippen LogP contribution >= 0.6 is 15.9 Å². The number of halogens is 1. The molecule has 0 atom stereocenters. The molecule has 0 aliphatic rings. The third kappa shape index (κ3) is 4.56. The molecule has 0 saturated heterocycles. The third-order valence-corrected chi connectivity index (χ3v) is 3.46. The SMILES string of the molecule is CC(C)Oc1ccc(C(=O)Oc2ccc(C(=O)O)cc2)cc1Br. The number of rotatable bonds is 5. The first kappa shape index (κ1) is 17.0. The van der Waals surface area contributed by atoms with Crippen molar-refractivity contribution in [1.29, 1.82) is 0 Å². The highest BCUT2D eigenvalue weighted by molar-refractivity contribution is 9.10. The van der Waals surface area contributed by atoms with Crippen molar-refractivity contribution in [1.82, 2.24) is 0 Å². The van der Waals surface area contributed by atoms with E-state index in [2.05, 4.69) is 15.9 Å². The fraction of sp³-hybridized carbons (Fsp3) is 0.176. The van der Waals surface area contributed by atoms with E-state index >= 15 is 0 Å². The van der Waals surface area contributed by atoms with Gasteiger partial charge in [0.15, 0.2) is 0 Å². The number of ether oxygens (including phenoxy) is 2. The molecule has 0 aliphatic carbocycles. The van der Waals surface area contributed by atoms with Crippen molar-refractivity contribution in [2.24, 2.45) is 0 Å². The monoisotopic (exact) mass is 378 g/mol. The Kier molecular flexibility index (Phi) is 5.39. The largest absolute Gasteiger partial charge is 0.490 e. The first-order valence-electron chi connectivity index (χ1n) is 6.88. The summed E-state index contributed by atoms with van der Waals surface area (Å²) in [5, 5.41) is 8.83. The maximum absolute atomic E-state index is 12.1. The van der Waals surface area contributed by atoms with Crippen LogP contribution in [0.2, 0.25) is 0 Å². The van der Waals surface area contributed by atoms with Crippen LogP contribution in [0.25, 0.3) is 0 Å². The van der Waals surface area contributed by atoms with E-state index in [1.165, 1.54) is 24.3 Å². The maximum atomic E-state index is 12.1. The van der Waals surface area contributed by atoms with Crippen molar-refractivity contribution >= 4 is 27.9 Å². The summed E-state index contributed by atoms with van der Waals surface area (Å²) in [7, 11) is 0. The average Bonchev–Trinajstić information content (AvgIpc) is 2.49. The lowest BCUT2D eigenvalue weighted by atomic mass is 10.2. The molecule has 0 aromatic heterocycles. The Bertz CT molecular complexity index is 722. The summed E-state index contributed by atoms with van der Waals surface area (Å²) in [5.41, 5.74) is 0.484. The van der Waals surface area contributed by atoms with Gasteiger partial charge in [-0.1, -0.05) is 0 Å². The Morgan fingerprint density at radius 2 is 1.65 bits per heavy atom. The normalized spacial score (nSPS) is 10.4. The van der Waals surface area contributed by atoms with Gasteiger partial charge in [-0.15, -0.1) is 0 Å². The number of hydrogen-bond acceptors (Lipinski definition) is 4. The van der Waals surface area contributed by atoms with E-state index in [9.17, 15) is 9.59 Å². The summed E-state index contributed by atoms with van der Waals surface area (Å²) in [4.78, 5) is 22.9. The summed E-state index contributed by atoms with van der Waals surface area (Å²) in [6, 6.07) is 10.5. The van der Waals surface area contributed by atoms with Gasteiger partial charge >= 0.3 is 11.9 Å². The molecule has 0 bridgehead atoms. The molecule has 0 heterocycles. The van der Waals surface area contributed by atoms with E-state index in [0.717, 1.165) is 0 Å². The number of hydrogen-bond donors (Lipinski definition) is 1. The van der Waals surface area contributed by atoms with Gasteiger partial charge in [-0.2, -0.15) is 0 Å². The molecule has 23 heavy (non-hydrogen) atoms. The van der Waals surface area contributed by atoms with Crippen LogP contribution in [0.1, 0.15) is 34.6 Å². The van der Waals surface area contributed by atoms with Crippen LogP contribution < -0.4 is 9.47 Å². The van der Waals surface area contributed by atoms with Crippen molar-refractivity contribution in [3.05, 3.63) is 58.1 Å². The highest BCUT2D eigenvalue weighted by atomic mass is 79.9. The highest BCUT2D eigenvalue weighted by Crippen LogP contribution is 2.27. The number of esters is 1. The third-order valence-electron chi connectivity index (χ3n) is 2.84. The Morgan fingerprint density at radius 1 is 1.04 bits per heavy atom. The Hall–Kier alpha value is -2.34. The summed E-state index contributed by atoms with van der Waals surface area (Å²) in [5.74, 6) is -0.654. The van der Waals surface area contributed by atoms with Gasteiger partial charge in [0.25, 0.3) is 0 Å². The van der Waals surface area contributed by atoms with Gasteiger partial charge in [-0.25, -0.2) is 9.59 Å². The van der Waals surface area contributed by atoms with Crippen LogP contribution in [0.15, 0.2) is 46.9 Å². The molecule has 2 aromatic rings. The number of carboxylic acid groups (broad SMARTS) is 1. The maximum Gasteiger partial charge on any atom is 0.343 e. The molecule has 0 unspecified atom stereocenters. The highest BCUT2D eigenvalue weighted by Gasteiger charge is 2.13. The minimum absolute atomic E-state index is 0.0249. The van der Waals surface area contributed by atoms with Crippen molar-refractivity contribution in [2.75, 3.05) is 0 Å². The summed E-state index contributed by atoms with van der Waals surface area (Å²) in [6.07, 6.45) is 0.0249. The number of aromatic carboxylic acids is 1. The number of carbonyl (C=O) groups excluding carboxylic acids is 1. The smallest absolute Gasteiger partial charge is 0.343 e. The quantitative estimate of drug-likeness (QED) is 0.624. The van der Waals surface area contributed by atoms with Crippen LogP contribution in [-0.2, 0) is 0 Å². The van der Waals surface area contributed by atoms with Gasteiger partial charge in [0, 0.05) is 0 Å². The zero-order valence-corrected chi connectivity index (χ0v) is 14.2. The molecule has 5 nitrogen and oxygen atoms in total. The first-order chi connectivity index (χ1) is 10.9. The molecule has 120 valence electrons. The number of carboxylic acids is 1. The zero-order valence-electron chi connectivity index (χ0n) is 12.6. The second-order valence-electron chi connectivity index (χ2n) is 5.03. The summed E-state index contributed by atoms with van der Waals surface area (Å²) < 4.78 is 11.5. The molecule has 0 fully saturated rings. The molecule has 0 spiro atoms. The second kappa shape index (κ2) is 7.28. The second-order valence-corrected chi connectivity index (χ2v) is 5.89. The molecule has 6 heteroatoms. The van der Waals surface area contributed by atoms with Crippen LogP contribution in [0.5, 0.6) is 11.5 Å². The number of benzene rings is 2. The van der Waals surface area contributed by atoms with Crippen LogP contribution in [0, 0.1) is 0 Å². The lowest BCUT2D eigenvalue weighted by molar-refractivity contribution is 0.0696. The Labute approximate surface area is 142 Å². The summed E-state index contributed by atoms with van der Waals surface area (Å²) in [6.45, 7) is 3.82. The fourth-order valence-electron chi connectivity index (χ4n) is 1.81. The molecule has 0 amide bonds. The molecule has 0 radical (unpaired) electrons. The minimum atomic E-state index is -1.03. The molecular weight excluding hydrogens is 364 g/mol. The average molecular weight is 379 g/mol. The van der Waals surface area contributed by atoms with Gasteiger partial charge in [-0.3, -0.25) is 0 Å². The van der Waals surface area contributed by atoms with Crippen molar-refractivity contribution in [3.8, 4) is 11.5 Å². The van der Waals surface area contributed by atoms with Gasteiger partial charge in [-0.05, 0) is 72.2 Å². The molecule has 2 aromatic carbocycles. The van der Waals surface area contributed by atoms with Crippen LogP contribution in [0.3, 0.4) is 0 Å². The van der Waals surface area contributed by atoms with Crippen molar-refractivity contribution in [3.63, 3.8) is 0 Å². The lowest BCUT2D eigenvalue weighted by Gasteiger charge is -2.12. The van der Waals surface area contributed by atoms with Crippen LogP contribution in [0.4, 0.5) is 0 Å². The van der Waals surface area contributed by atoms with Gasteiger partial charge in [0.05, 0.1) is 21.7 Å². The Balaban J connectivity index is 2.11. The van der Waals surface area contributed by atoms with Gasteiger partial charge in [0.1, 0.15) is 11.5 Å². The number of carbonyl (C=O) groups is 2. The van der Waals surface area contributed by atoms with E-state index in [-0.39, 0.29) is 17.4 Å². The zero-order chi connectivity index (χ0) is 17.0. The fourth-order valence-corrected chi connectivity index (χ4v) is 2.28. The topological polar surface area (TPSA) is 72.8 Å².